The summed E-state index contributed by atoms with van der Waals surface area (Å²) in [4.78, 5) is 12.0. The molecule has 0 aliphatic rings. The van der Waals surface area contributed by atoms with E-state index in [9.17, 15) is 4.79 Å². The zero-order valence-electron chi connectivity index (χ0n) is 12.5. The van der Waals surface area contributed by atoms with Crippen LogP contribution >= 0.6 is 0 Å². The molecule has 2 heteroatoms. The van der Waals surface area contributed by atoms with Crippen molar-refractivity contribution in [3.8, 4) is 0 Å². The molecule has 0 radical (unpaired) electrons. The Bertz CT molecular complexity index is 769. The largest absolute Gasteiger partial charge is 0.422 e. The lowest BCUT2D eigenvalue weighted by Crippen LogP contribution is -2.29. The van der Waals surface area contributed by atoms with E-state index < -0.39 is 0 Å². The molecule has 0 spiro atoms. The Kier molecular flexibility index (Phi) is 6.69. The van der Waals surface area contributed by atoms with Crippen molar-refractivity contribution < 1.29 is 4.42 Å². The fourth-order valence-corrected chi connectivity index (χ4v) is 1.78. The van der Waals surface area contributed by atoms with Gasteiger partial charge < -0.3 is 4.42 Å². The molecule has 0 N–H and O–H groups in total. The molecule has 2 nitrogen and oxygen atoms in total. The molecular formula is C19H20O2. The molecule has 1 aromatic heterocycles. The lowest BCUT2D eigenvalue weighted by atomic mass is 10.1. The van der Waals surface area contributed by atoms with Gasteiger partial charge in [-0.15, -0.1) is 0 Å². The molecule has 0 saturated carbocycles. The van der Waals surface area contributed by atoms with E-state index in [0.717, 1.165) is 10.8 Å². The van der Waals surface area contributed by atoms with Gasteiger partial charge in [0.1, 0.15) is 5.42 Å². The van der Waals surface area contributed by atoms with Crippen molar-refractivity contribution in [3.63, 3.8) is 0 Å². The minimum absolute atomic E-state index is 0.372. The van der Waals surface area contributed by atoms with Crippen LogP contribution in [0.15, 0.2) is 70.5 Å². The van der Waals surface area contributed by atoms with E-state index in [1.54, 1.807) is 30.4 Å². The Morgan fingerprint density at radius 3 is 2.52 bits per heavy atom. The predicted molar refractivity (Wildman–Crippen MR) is 91.2 cm³/mol. The maximum Gasteiger partial charge on any atom is 0.343 e. The highest BCUT2D eigenvalue weighted by molar-refractivity contribution is 5.54. The summed E-state index contributed by atoms with van der Waals surface area (Å²) in [6.45, 7) is 11.1. The molecular weight excluding hydrogens is 260 g/mol. The summed E-state index contributed by atoms with van der Waals surface area (Å²) in [7, 11) is 0. The minimum atomic E-state index is -0.372. The molecule has 0 saturated heterocycles. The molecule has 108 valence electrons. The first-order valence-corrected chi connectivity index (χ1v) is 6.73. The number of rotatable bonds is 5. The van der Waals surface area contributed by atoms with E-state index in [2.05, 4.69) is 13.2 Å². The predicted octanol–water partition coefficient (Wildman–Crippen LogP) is 3.11. The second kappa shape index (κ2) is 8.54. The molecule has 1 aromatic rings. The maximum absolute atomic E-state index is 12.0. The van der Waals surface area contributed by atoms with Gasteiger partial charge in [0.25, 0.3) is 0 Å². The standard InChI is InChI=1S/C19H20O2/c1-5-9-15(10-6-2)12-13-17-14-16(8-4)18(11-7-3)21-19(17)20/h5-14H,1,3H2,2,4H3/b10-6-,13-12+,15-9+,16-8-,18-11+. The van der Waals surface area contributed by atoms with Gasteiger partial charge in [0.2, 0.25) is 0 Å². The molecule has 0 aliphatic heterocycles. The molecule has 1 rings (SSSR count). The summed E-state index contributed by atoms with van der Waals surface area (Å²) < 4.78 is 5.30. The van der Waals surface area contributed by atoms with Crippen molar-refractivity contribution in [2.45, 2.75) is 13.8 Å². The van der Waals surface area contributed by atoms with Crippen molar-refractivity contribution >= 4 is 18.2 Å². The van der Waals surface area contributed by atoms with Gasteiger partial charge in [0.15, 0.2) is 0 Å². The van der Waals surface area contributed by atoms with Crippen LogP contribution in [-0.4, -0.2) is 0 Å². The Balaban J connectivity index is 3.37. The highest BCUT2D eigenvalue weighted by atomic mass is 16.4. The van der Waals surface area contributed by atoms with Gasteiger partial charge in [-0.25, -0.2) is 4.79 Å². The highest BCUT2D eigenvalue weighted by Crippen LogP contribution is 2.03. The summed E-state index contributed by atoms with van der Waals surface area (Å²) in [5.74, 6) is 0. The molecule has 0 fully saturated rings. The molecule has 0 amide bonds. The van der Waals surface area contributed by atoms with E-state index in [4.69, 9.17) is 4.42 Å². The summed E-state index contributed by atoms with van der Waals surface area (Å²) in [5.41, 5.74) is 1.60. The molecule has 21 heavy (non-hydrogen) atoms. The van der Waals surface area contributed by atoms with E-state index in [1.165, 1.54) is 0 Å². The maximum atomic E-state index is 12.0. The van der Waals surface area contributed by atoms with Crippen LogP contribution in [0.25, 0.3) is 18.2 Å². The van der Waals surface area contributed by atoms with E-state index in [-0.39, 0.29) is 5.63 Å². The topological polar surface area (TPSA) is 30.2 Å². The minimum Gasteiger partial charge on any atom is -0.422 e. The Morgan fingerprint density at radius 2 is 1.95 bits per heavy atom. The smallest absolute Gasteiger partial charge is 0.343 e. The fourth-order valence-electron chi connectivity index (χ4n) is 1.78. The van der Waals surface area contributed by atoms with E-state index in [0.29, 0.717) is 11.0 Å². The third-order valence-electron chi connectivity index (χ3n) is 2.74. The average Bonchev–Trinajstić information content (AvgIpc) is 2.47. The van der Waals surface area contributed by atoms with Crippen LogP contribution in [0.2, 0.25) is 0 Å². The van der Waals surface area contributed by atoms with Crippen LogP contribution in [0.5, 0.6) is 0 Å². The summed E-state index contributed by atoms with van der Waals surface area (Å²) in [5, 5.41) is 0.856. The third kappa shape index (κ3) is 4.77. The van der Waals surface area contributed by atoms with Gasteiger partial charge in [0.05, 0.1) is 5.56 Å². The van der Waals surface area contributed by atoms with Gasteiger partial charge in [-0.2, -0.15) is 0 Å². The van der Waals surface area contributed by atoms with Gasteiger partial charge in [-0.3, -0.25) is 0 Å². The normalized spacial score (nSPS) is 14.3. The van der Waals surface area contributed by atoms with Crippen LogP contribution in [-0.2, 0) is 0 Å². The Hall–Kier alpha value is -2.61. The van der Waals surface area contributed by atoms with Gasteiger partial charge in [-0.05, 0) is 37.6 Å². The number of hydrogen-bond donors (Lipinski definition) is 0. The van der Waals surface area contributed by atoms with Crippen molar-refractivity contribution in [2.24, 2.45) is 0 Å². The van der Waals surface area contributed by atoms with Crippen molar-refractivity contribution in [3.05, 3.63) is 87.9 Å². The summed E-state index contributed by atoms with van der Waals surface area (Å²) in [6.07, 6.45) is 16.2. The van der Waals surface area contributed by atoms with Crippen molar-refractivity contribution in [2.75, 3.05) is 0 Å². The van der Waals surface area contributed by atoms with Gasteiger partial charge in [-0.1, -0.05) is 55.7 Å². The van der Waals surface area contributed by atoms with Crippen LogP contribution in [0.3, 0.4) is 0 Å². The molecule has 0 aromatic carbocycles. The number of allylic oxidation sites excluding steroid dienone is 7. The van der Waals surface area contributed by atoms with Crippen molar-refractivity contribution in [1.82, 2.24) is 0 Å². The lowest BCUT2D eigenvalue weighted by molar-refractivity contribution is 0.472. The average molecular weight is 280 g/mol. The van der Waals surface area contributed by atoms with Gasteiger partial charge in [0, 0.05) is 5.22 Å². The molecule has 0 atom stereocenters. The zero-order valence-corrected chi connectivity index (χ0v) is 12.5. The Morgan fingerprint density at radius 1 is 1.19 bits per heavy atom. The lowest BCUT2D eigenvalue weighted by Gasteiger charge is -1.95. The quantitative estimate of drug-likeness (QED) is 0.776. The molecule has 1 heterocycles. The van der Waals surface area contributed by atoms with E-state index >= 15 is 0 Å². The van der Waals surface area contributed by atoms with Crippen LogP contribution < -0.4 is 16.3 Å². The first kappa shape index (κ1) is 16.4. The molecule has 0 aliphatic carbocycles. The first-order chi connectivity index (χ1) is 10.2. The van der Waals surface area contributed by atoms with Crippen molar-refractivity contribution in [1.29, 1.82) is 0 Å². The summed E-state index contributed by atoms with van der Waals surface area (Å²) in [6, 6.07) is 1.80. The SMILES string of the molecule is C=C/C=C(\C=C/C)/C=C/c1cc(=C/C)/c(=C\C=C)oc1=O. The molecule has 0 unspecified atom stereocenters. The monoisotopic (exact) mass is 280 g/mol. The number of hydrogen-bond acceptors (Lipinski definition) is 2. The fraction of sp³-hybridized carbons (Fsp3) is 0.105. The third-order valence-corrected chi connectivity index (χ3v) is 2.74. The van der Waals surface area contributed by atoms with Crippen LogP contribution in [0.4, 0.5) is 0 Å². The van der Waals surface area contributed by atoms with Crippen LogP contribution in [0.1, 0.15) is 19.4 Å². The second-order valence-corrected chi connectivity index (χ2v) is 4.24. The van der Waals surface area contributed by atoms with Crippen LogP contribution in [0, 0.1) is 0 Å². The Labute approximate surface area is 125 Å². The second-order valence-electron chi connectivity index (χ2n) is 4.24. The highest BCUT2D eigenvalue weighted by Gasteiger charge is 1.98. The van der Waals surface area contributed by atoms with Gasteiger partial charge >= 0.3 is 5.63 Å². The first-order valence-electron chi connectivity index (χ1n) is 6.73. The zero-order chi connectivity index (χ0) is 15.7. The summed E-state index contributed by atoms with van der Waals surface area (Å²) >= 11 is 0. The van der Waals surface area contributed by atoms with E-state index in [1.807, 2.05) is 44.2 Å². The molecule has 0 bridgehead atoms.